The molecule has 1 aliphatic carbocycles. The Morgan fingerprint density at radius 2 is 1.58 bits per heavy atom. The minimum Gasteiger partial charge on any atom is -0.375 e. The topological polar surface area (TPSA) is 40.5 Å². The highest BCUT2D eigenvalue weighted by molar-refractivity contribution is 5.87. The molecule has 2 fully saturated rings. The lowest BCUT2D eigenvalue weighted by atomic mass is 9.77. The number of carbonyl (C=O) groups is 1. The van der Waals surface area contributed by atoms with Gasteiger partial charge in [-0.2, -0.15) is 0 Å². The number of aliphatic hydroxyl groups is 1. The lowest BCUT2D eigenvalue weighted by molar-refractivity contribution is -0.916. The van der Waals surface area contributed by atoms with Crippen molar-refractivity contribution in [3.63, 3.8) is 0 Å². The summed E-state index contributed by atoms with van der Waals surface area (Å²) in [7, 11) is 4.65. The Bertz CT molecular complexity index is 928. The second-order valence-electron chi connectivity index (χ2n) is 10.8. The molecule has 4 rings (SSSR count). The molecule has 33 heavy (non-hydrogen) atoms. The van der Waals surface area contributed by atoms with Crippen LogP contribution < -0.4 is 0 Å². The molecule has 1 heterocycles. The van der Waals surface area contributed by atoms with Crippen molar-refractivity contribution in [1.82, 2.24) is 4.90 Å². The van der Waals surface area contributed by atoms with Crippen LogP contribution in [0.4, 0.5) is 0 Å². The first-order valence-corrected chi connectivity index (χ1v) is 12.8. The number of rotatable bonds is 7. The van der Waals surface area contributed by atoms with Crippen LogP contribution in [0.1, 0.15) is 55.2 Å². The van der Waals surface area contributed by atoms with Crippen molar-refractivity contribution >= 4 is 5.91 Å². The number of piperidine rings is 1. The molecule has 0 bridgehead atoms. The van der Waals surface area contributed by atoms with Gasteiger partial charge in [-0.15, -0.1) is 0 Å². The fourth-order valence-electron chi connectivity index (χ4n) is 6.11. The maximum Gasteiger partial charge on any atom is 0.259 e. The lowest BCUT2D eigenvalue weighted by Crippen LogP contribution is -2.58. The van der Waals surface area contributed by atoms with Crippen LogP contribution in [-0.2, 0) is 16.8 Å². The van der Waals surface area contributed by atoms with Gasteiger partial charge in [0.25, 0.3) is 5.91 Å². The van der Waals surface area contributed by atoms with E-state index in [-0.39, 0.29) is 11.8 Å². The molecule has 4 nitrogen and oxygen atoms in total. The van der Waals surface area contributed by atoms with Gasteiger partial charge in [0, 0.05) is 38.3 Å². The predicted octanol–water partition coefficient (Wildman–Crippen LogP) is 4.68. The summed E-state index contributed by atoms with van der Waals surface area (Å²) in [5, 5.41) is 12.0. The summed E-state index contributed by atoms with van der Waals surface area (Å²) >= 11 is 0. The predicted molar refractivity (Wildman–Crippen MR) is 134 cm³/mol. The number of likely N-dealkylation sites (N-methyl/N-ethyl adjacent to an activating group) is 1. The summed E-state index contributed by atoms with van der Waals surface area (Å²) in [6.07, 6.45) is 7.10. The van der Waals surface area contributed by atoms with Gasteiger partial charge in [0.2, 0.25) is 0 Å². The van der Waals surface area contributed by atoms with Crippen molar-refractivity contribution in [3.05, 3.63) is 71.3 Å². The van der Waals surface area contributed by atoms with Crippen molar-refractivity contribution in [2.45, 2.75) is 63.5 Å². The lowest BCUT2D eigenvalue weighted by Gasteiger charge is -2.45. The molecular formula is C29H41N2O2+. The molecule has 1 unspecified atom stereocenters. The first-order chi connectivity index (χ1) is 15.8. The molecule has 2 aliphatic rings. The van der Waals surface area contributed by atoms with Gasteiger partial charge in [-0.3, -0.25) is 4.79 Å². The van der Waals surface area contributed by atoms with Crippen molar-refractivity contribution in [2.75, 3.05) is 33.7 Å². The van der Waals surface area contributed by atoms with Gasteiger partial charge < -0.3 is 14.5 Å². The highest BCUT2D eigenvalue weighted by Crippen LogP contribution is 2.43. The molecule has 1 aliphatic heterocycles. The second kappa shape index (κ2) is 9.99. The Morgan fingerprint density at radius 1 is 0.970 bits per heavy atom. The maximum absolute atomic E-state index is 13.9. The molecule has 2 aromatic carbocycles. The normalized spacial score (nSPS) is 20.1. The zero-order valence-electron chi connectivity index (χ0n) is 20.7. The Morgan fingerprint density at radius 3 is 2.21 bits per heavy atom. The third kappa shape index (κ3) is 5.02. The molecule has 1 saturated heterocycles. The third-order valence-corrected chi connectivity index (χ3v) is 8.39. The van der Waals surface area contributed by atoms with Crippen LogP contribution in [0, 0.1) is 12.8 Å². The van der Waals surface area contributed by atoms with E-state index in [0.717, 1.165) is 80.2 Å². The van der Waals surface area contributed by atoms with Crippen LogP contribution in [0.2, 0.25) is 0 Å². The highest BCUT2D eigenvalue weighted by Gasteiger charge is 2.49. The molecule has 1 atom stereocenters. The first-order valence-electron chi connectivity index (χ1n) is 12.8. The largest absolute Gasteiger partial charge is 0.375 e. The number of quaternary nitrogens is 1. The van der Waals surface area contributed by atoms with Crippen LogP contribution in [0.15, 0.2) is 54.6 Å². The first kappa shape index (κ1) is 24.0. The van der Waals surface area contributed by atoms with Gasteiger partial charge in [0.1, 0.15) is 0 Å². The van der Waals surface area contributed by atoms with Crippen molar-refractivity contribution < 1.29 is 14.4 Å². The Balaban J connectivity index is 1.44. The minimum atomic E-state index is -1.40. The molecule has 0 radical (unpaired) electrons. The molecule has 1 N–H and O–H groups in total. The number of hydrogen-bond acceptors (Lipinski definition) is 2. The highest BCUT2D eigenvalue weighted by atomic mass is 16.3. The van der Waals surface area contributed by atoms with E-state index in [1.807, 2.05) is 36.1 Å². The minimum absolute atomic E-state index is 0.0157. The zero-order chi connectivity index (χ0) is 23.5. The van der Waals surface area contributed by atoms with E-state index >= 15 is 0 Å². The van der Waals surface area contributed by atoms with E-state index in [1.165, 1.54) is 5.56 Å². The number of carbonyl (C=O) groups excluding carboxylic acids is 1. The molecule has 178 valence electrons. The molecule has 2 aromatic rings. The summed E-state index contributed by atoms with van der Waals surface area (Å²) < 4.78 is 0.974. The average molecular weight is 450 g/mol. The van der Waals surface area contributed by atoms with Crippen LogP contribution >= 0.6 is 0 Å². The number of likely N-dealkylation sites (tertiary alicyclic amines) is 1. The Labute approximate surface area is 199 Å². The average Bonchev–Trinajstić information content (AvgIpc) is 3.39. The molecule has 4 heteroatoms. The van der Waals surface area contributed by atoms with E-state index in [2.05, 4.69) is 44.4 Å². The monoisotopic (exact) mass is 449 g/mol. The van der Waals surface area contributed by atoms with E-state index in [1.54, 1.807) is 0 Å². The fourth-order valence-corrected chi connectivity index (χ4v) is 6.11. The van der Waals surface area contributed by atoms with Gasteiger partial charge >= 0.3 is 0 Å². The summed E-state index contributed by atoms with van der Waals surface area (Å²) in [5.74, 6) is -0.0568. The Hall–Kier alpha value is -2.17. The van der Waals surface area contributed by atoms with Gasteiger partial charge in [0.05, 0.1) is 26.7 Å². The number of aryl methyl sites for hydroxylation is 1. The van der Waals surface area contributed by atoms with E-state index in [0.29, 0.717) is 6.04 Å². The molecule has 1 saturated carbocycles. The standard InChI is InChI=1S/C29H41N2O2/c1-23-11-7-10-16-27(23)29(33,25-14-8-9-15-25)28(32)30-20-17-26(18-21-30)31(2,3)22-19-24-12-5-4-6-13-24/h4-7,10-13,16,25-26,33H,8-9,14-15,17-22H2,1-3H3/q+1. The van der Waals surface area contributed by atoms with Gasteiger partial charge in [-0.05, 0) is 36.5 Å². The molecule has 0 spiro atoms. The quantitative estimate of drug-likeness (QED) is 0.624. The number of nitrogens with zero attached hydrogens (tertiary/aromatic N) is 2. The van der Waals surface area contributed by atoms with Crippen molar-refractivity contribution in [1.29, 1.82) is 0 Å². The van der Waals surface area contributed by atoms with Crippen molar-refractivity contribution in [2.24, 2.45) is 5.92 Å². The van der Waals surface area contributed by atoms with Crippen LogP contribution in [0.3, 0.4) is 0 Å². The SMILES string of the molecule is Cc1ccccc1C(O)(C(=O)N1CCC([N+](C)(C)CCc2ccccc2)CC1)C1CCCC1. The van der Waals surface area contributed by atoms with Gasteiger partial charge in [0.15, 0.2) is 5.60 Å². The van der Waals surface area contributed by atoms with Gasteiger partial charge in [-0.1, -0.05) is 67.4 Å². The second-order valence-corrected chi connectivity index (χ2v) is 10.8. The molecule has 1 amide bonds. The smallest absolute Gasteiger partial charge is 0.259 e. The molecule has 0 aromatic heterocycles. The summed E-state index contributed by atoms with van der Waals surface area (Å²) in [6.45, 7) is 4.58. The Kier molecular flexibility index (Phi) is 7.25. The van der Waals surface area contributed by atoms with Crippen LogP contribution in [0.5, 0.6) is 0 Å². The van der Waals surface area contributed by atoms with E-state index in [9.17, 15) is 9.90 Å². The van der Waals surface area contributed by atoms with E-state index < -0.39 is 5.60 Å². The summed E-state index contributed by atoms with van der Waals surface area (Å²) in [6, 6.07) is 19.2. The number of hydrogen-bond donors (Lipinski definition) is 1. The fraction of sp³-hybridized carbons (Fsp3) is 0.552. The number of benzene rings is 2. The number of amides is 1. The summed E-state index contributed by atoms with van der Waals surface area (Å²) in [5.41, 5.74) is 1.81. The van der Waals surface area contributed by atoms with Gasteiger partial charge in [-0.25, -0.2) is 0 Å². The van der Waals surface area contributed by atoms with Crippen molar-refractivity contribution in [3.8, 4) is 0 Å². The summed E-state index contributed by atoms with van der Waals surface area (Å²) in [4.78, 5) is 15.9. The third-order valence-electron chi connectivity index (χ3n) is 8.39. The van der Waals surface area contributed by atoms with Crippen LogP contribution in [-0.4, -0.2) is 60.2 Å². The van der Waals surface area contributed by atoms with E-state index in [4.69, 9.17) is 0 Å². The zero-order valence-corrected chi connectivity index (χ0v) is 20.7. The van der Waals surface area contributed by atoms with Crippen LogP contribution in [0.25, 0.3) is 0 Å². The maximum atomic E-state index is 13.9. The molecular weight excluding hydrogens is 408 g/mol.